The number of aliphatic hydroxyl groups is 2. The van der Waals surface area contributed by atoms with Gasteiger partial charge < -0.3 is 47.3 Å². The zero-order valence-corrected chi connectivity index (χ0v) is 31.4. The lowest BCUT2D eigenvalue weighted by molar-refractivity contribution is -0.146. The van der Waals surface area contributed by atoms with Gasteiger partial charge in [-0.2, -0.15) is 5.26 Å². The summed E-state index contributed by atoms with van der Waals surface area (Å²) < 4.78 is 11.1. The monoisotopic (exact) mass is 764 g/mol. The van der Waals surface area contributed by atoms with Crippen molar-refractivity contribution in [3.63, 3.8) is 0 Å². The number of carbonyl (C=O) groups excluding carboxylic acids is 4. The van der Waals surface area contributed by atoms with Crippen molar-refractivity contribution in [3.8, 4) is 28.7 Å². The summed E-state index contributed by atoms with van der Waals surface area (Å²) in [6.45, 7) is 2.18. The highest BCUT2D eigenvalue weighted by Crippen LogP contribution is 2.59. The average molecular weight is 765 g/mol. The number of carbonyl (C=O) groups is 4. The third-order valence-electron chi connectivity index (χ3n) is 11.1. The first kappa shape index (κ1) is 39.6. The average Bonchev–Trinajstić information content (AvgIpc) is 3.13. The van der Waals surface area contributed by atoms with Gasteiger partial charge in [-0.05, 0) is 80.7 Å². The molecule has 0 bridgehead atoms. The summed E-state index contributed by atoms with van der Waals surface area (Å²) in [4.78, 5) is 55.3. The molecule has 1 saturated carbocycles. The van der Waals surface area contributed by atoms with Crippen molar-refractivity contribution in [2.45, 2.75) is 55.9 Å². The van der Waals surface area contributed by atoms with Crippen molar-refractivity contribution in [3.05, 3.63) is 99.8 Å². The molecular weight excluding hydrogens is 720 g/mol. The molecule has 3 aromatic carbocycles. The zero-order chi connectivity index (χ0) is 40.9. The number of aromatic hydroxyl groups is 1. The maximum Gasteiger partial charge on any atom is 0.323 e. The van der Waals surface area contributed by atoms with Crippen molar-refractivity contribution in [2.24, 2.45) is 22.6 Å². The number of nitrogens with two attached hydrogens (primary N) is 3. The number of phenols is 1. The van der Waals surface area contributed by atoms with Crippen molar-refractivity contribution in [1.29, 1.82) is 5.26 Å². The number of phenolic OH excluding ortho intramolecular Hbond substituents is 1. The number of nitrogens with one attached hydrogen (secondary N) is 1. The van der Waals surface area contributed by atoms with E-state index in [-0.39, 0.29) is 25.1 Å². The van der Waals surface area contributed by atoms with Gasteiger partial charge in [0.2, 0.25) is 0 Å². The van der Waals surface area contributed by atoms with Gasteiger partial charge in [0.25, 0.3) is 5.91 Å². The van der Waals surface area contributed by atoms with E-state index in [9.17, 15) is 39.8 Å². The van der Waals surface area contributed by atoms with E-state index < -0.39 is 86.9 Å². The Labute approximate surface area is 323 Å². The van der Waals surface area contributed by atoms with Gasteiger partial charge in [-0.25, -0.2) is 0 Å². The minimum Gasteiger partial charge on any atom is -0.509 e. The lowest BCUT2D eigenvalue weighted by Crippen LogP contribution is -2.80. The molecule has 10 N–H and O–H groups in total. The van der Waals surface area contributed by atoms with Crippen LogP contribution in [0.15, 0.2) is 77.6 Å². The highest BCUT2D eigenvalue weighted by molar-refractivity contribution is 6.25. The highest BCUT2D eigenvalue weighted by Gasteiger charge is 2.74. The lowest BCUT2D eigenvalue weighted by atomic mass is 9.47. The first-order valence-electron chi connectivity index (χ1n) is 17.9. The molecule has 56 heavy (non-hydrogen) atoms. The van der Waals surface area contributed by atoms with Gasteiger partial charge in [-0.1, -0.05) is 42.5 Å². The Balaban J connectivity index is 1.48. The molecule has 3 aliphatic carbocycles. The molecule has 0 saturated heterocycles. The van der Waals surface area contributed by atoms with Gasteiger partial charge in [0.1, 0.15) is 34.6 Å². The fourth-order valence-corrected chi connectivity index (χ4v) is 8.73. The summed E-state index contributed by atoms with van der Waals surface area (Å²) in [5, 5.41) is 48.7. The normalized spacial score (nSPS) is 24.9. The first-order valence-corrected chi connectivity index (χ1v) is 17.9. The maximum absolute atomic E-state index is 14.8. The van der Waals surface area contributed by atoms with Gasteiger partial charge in [0.15, 0.2) is 17.0 Å². The number of hydrogen-bond acceptors (Lipinski definition) is 14. The van der Waals surface area contributed by atoms with Crippen molar-refractivity contribution in [2.75, 3.05) is 27.8 Å². The number of nitriles is 1. The van der Waals surface area contributed by atoms with Gasteiger partial charge in [0.05, 0.1) is 48.0 Å². The Morgan fingerprint density at radius 1 is 1.04 bits per heavy atom. The fraction of sp³-hybridized carbons (Fsp3) is 0.341. The van der Waals surface area contributed by atoms with Crippen molar-refractivity contribution >= 4 is 29.2 Å². The number of ether oxygens (including phenoxy) is 2. The Hall–Kier alpha value is -6.05. The molecule has 292 valence electrons. The molecule has 3 aromatic rings. The van der Waals surface area contributed by atoms with Gasteiger partial charge >= 0.3 is 5.97 Å². The lowest BCUT2D eigenvalue weighted by Gasteiger charge is -2.58. The number of Topliss-reactive ketones (excluding diaryl/α,β-unsaturated/α-hetero) is 2. The Morgan fingerprint density at radius 2 is 1.73 bits per heavy atom. The standard InChI is InChI=1S/C41H44N6O9/c1-5-56-38(54)26(16-21-9-7-6-8-10-21)46-18-22-11-14-28(55-4)24(15-22)23-12-13-27(48)29-25(23)17-39(44)19-41(45)34(47(2)3)33(50)30(37(43)53)35(51)40(41,20-42)36(52)31(39)32(29)49/h6-15,26,34,46,48-49,51H,5,16-19,44-45H2,1-4H3,(H2,43,53)/t26?,34-,39-,40+,41-/m1/s1. The zero-order valence-electron chi connectivity index (χ0n) is 31.4. The predicted octanol–water partition coefficient (Wildman–Crippen LogP) is 1.85. The second kappa shape index (κ2) is 14.5. The number of esters is 1. The van der Waals surface area contributed by atoms with Crippen molar-refractivity contribution < 1.29 is 44.0 Å². The van der Waals surface area contributed by atoms with Crippen LogP contribution in [0, 0.1) is 16.7 Å². The Kier molecular flexibility index (Phi) is 10.3. The second-order valence-electron chi connectivity index (χ2n) is 14.7. The van der Waals surface area contributed by atoms with Crippen LogP contribution < -0.4 is 27.3 Å². The van der Waals surface area contributed by atoms with E-state index in [1.165, 1.54) is 32.2 Å². The van der Waals surface area contributed by atoms with E-state index in [1.807, 2.05) is 42.5 Å². The van der Waals surface area contributed by atoms with Gasteiger partial charge in [-0.15, -0.1) is 0 Å². The number of rotatable bonds is 11. The van der Waals surface area contributed by atoms with E-state index >= 15 is 0 Å². The summed E-state index contributed by atoms with van der Waals surface area (Å²) in [6.07, 6.45) is -0.380. The molecule has 1 amide bonds. The fourth-order valence-electron chi connectivity index (χ4n) is 8.73. The third-order valence-corrected chi connectivity index (χ3v) is 11.1. The number of methoxy groups -OCH3 is 1. The first-order chi connectivity index (χ1) is 26.5. The molecule has 0 aromatic heterocycles. The largest absolute Gasteiger partial charge is 0.509 e. The van der Waals surface area contributed by atoms with Crippen LogP contribution in [0.2, 0.25) is 0 Å². The molecule has 0 spiro atoms. The molecule has 3 aliphatic rings. The second-order valence-corrected chi connectivity index (χ2v) is 14.7. The van der Waals surface area contributed by atoms with E-state index in [4.69, 9.17) is 26.7 Å². The van der Waals surface area contributed by atoms with Gasteiger partial charge in [0, 0.05) is 12.1 Å². The Bertz CT molecular complexity index is 2260. The number of aliphatic hydroxyl groups excluding tert-OH is 2. The molecule has 0 aliphatic heterocycles. The minimum atomic E-state index is -2.77. The number of primary amides is 1. The van der Waals surface area contributed by atoms with Crippen LogP contribution in [0.4, 0.5) is 0 Å². The summed E-state index contributed by atoms with van der Waals surface area (Å²) in [7, 11) is 4.38. The molecule has 5 atom stereocenters. The quantitative estimate of drug-likeness (QED) is 0.109. The van der Waals surface area contributed by atoms with Crippen LogP contribution in [0.25, 0.3) is 16.9 Å². The number of benzene rings is 3. The summed E-state index contributed by atoms with van der Waals surface area (Å²) in [6, 6.07) is 17.4. The number of likely N-dealkylation sites (N-methyl/N-ethyl adjacent to an activating group) is 1. The molecule has 15 heteroatoms. The number of fused-ring (bicyclic) bond motifs is 3. The smallest absolute Gasteiger partial charge is 0.323 e. The van der Waals surface area contributed by atoms with E-state index in [0.29, 0.717) is 28.9 Å². The van der Waals surface area contributed by atoms with Crippen molar-refractivity contribution in [1.82, 2.24) is 10.2 Å². The molecule has 1 fully saturated rings. The number of nitrogens with zero attached hydrogens (tertiary/aromatic N) is 2. The summed E-state index contributed by atoms with van der Waals surface area (Å²) in [5.74, 6) is -6.02. The molecule has 15 nitrogen and oxygen atoms in total. The van der Waals surface area contributed by atoms with Gasteiger partial charge in [-0.3, -0.25) is 24.1 Å². The predicted molar refractivity (Wildman–Crippen MR) is 204 cm³/mol. The van der Waals surface area contributed by atoms with Crippen LogP contribution in [0.3, 0.4) is 0 Å². The Morgan fingerprint density at radius 3 is 2.34 bits per heavy atom. The minimum absolute atomic E-state index is 0.157. The summed E-state index contributed by atoms with van der Waals surface area (Å²) in [5.41, 5.74) is 14.0. The van der Waals surface area contributed by atoms with Crippen LogP contribution in [-0.2, 0) is 43.3 Å². The van der Waals surface area contributed by atoms with E-state index in [1.54, 1.807) is 25.1 Å². The van der Waals surface area contributed by atoms with Crippen LogP contribution in [0.5, 0.6) is 11.5 Å². The molecule has 6 rings (SSSR count). The van der Waals surface area contributed by atoms with E-state index in [0.717, 1.165) is 11.1 Å². The molecule has 0 heterocycles. The maximum atomic E-state index is 14.8. The highest BCUT2D eigenvalue weighted by atomic mass is 16.5. The van der Waals surface area contributed by atoms with Crippen LogP contribution in [0.1, 0.15) is 35.6 Å². The number of ketones is 2. The molecule has 0 radical (unpaired) electrons. The topological polar surface area (TPSA) is 265 Å². The summed E-state index contributed by atoms with van der Waals surface area (Å²) >= 11 is 0. The van der Waals surface area contributed by atoms with E-state index in [2.05, 4.69) is 5.32 Å². The molecule has 1 unspecified atom stereocenters. The number of amides is 1. The number of hydrogen-bond donors (Lipinski definition) is 7. The van der Waals surface area contributed by atoms with Crippen LogP contribution >= 0.6 is 0 Å². The molecular formula is C41H44N6O9. The third kappa shape index (κ3) is 5.98. The van der Waals surface area contributed by atoms with Crippen LogP contribution in [-0.4, -0.2) is 94.6 Å². The SMILES string of the molecule is CCOC(=O)C(Cc1ccccc1)NCc1ccc(OC)c(-c2ccc(O)c3c2C[C@@]2(N)C[C@@]4(N)[C@H](N(C)C)C(=O)C(C(N)=O)=C(O)[C@@]4(C#N)C(=O)C2=C3O)c1.